The van der Waals surface area contributed by atoms with Crippen LogP contribution < -0.4 is 10.9 Å². The lowest BCUT2D eigenvalue weighted by Crippen LogP contribution is -2.23. The van der Waals surface area contributed by atoms with Crippen molar-refractivity contribution in [2.24, 2.45) is 0 Å². The van der Waals surface area contributed by atoms with E-state index in [0.29, 0.717) is 18.3 Å². The van der Waals surface area contributed by atoms with E-state index in [4.69, 9.17) is 0 Å². The lowest BCUT2D eigenvalue weighted by atomic mass is 10.2. The van der Waals surface area contributed by atoms with Gasteiger partial charge in [-0.1, -0.05) is 13.8 Å². The van der Waals surface area contributed by atoms with E-state index in [0.717, 1.165) is 18.5 Å². The summed E-state index contributed by atoms with van der Waals surface area (Å²) in [6.07, 6.45) is 5.71. The highest BCUT2D eigenvalue weighted by atomic mass is 16.1. The van der Waals surface area contributed by atoms with E-state index in [9.17, 15) is 4.79 Å². The van der Waals surface area contributed by atoms with Crippen LogP contribution in [0.1, 0.15) is 38.4 Å². The van der Waals surface area contributed by atoms with Gasteiger partial charge in [-0.15, -0.1) is 0 Å². The van der Waals surface area contributed by atoms with E-state index >= 15 is 0 Å². The van der Waals surface area contributed by atoms with E-state index in [1.165, 1.54) is 10.7 Å². The highest BCUT2D eigenvalue weighted by Crippen LogP contribution is 2.14. The fourth-order valence-electron chi connectivity index (χ4n) is 2.17. The van der Waals surface area contributed by atoms with Crippen molar-refractivity contribution in [1.82, 2.24) is 19.6 Å². The third-order valence-corrected chi connectivity index (χ3v) is 3.45. The normalized spacial score (nSPS) is 11.0. The zero-order valence-corrected chi connectivity index (χ0v) is 12.2. The van der Waals surface area contributed by atoms with Crippen molar-refractivity contribution in [2.75, 3.05) is 12.4 Å². The number of rotatable bonds is 6. The fraction of sp³-hybridized carbons (Fsp3) is 0.500. The molecule has 2 rings (SSSR count). The predicted molar refractivity (Wildman–Crippen MR) is 79.0 cm³/mol. The van der Waals surface area contributed by atoms with E-state index in [2.05, 4.69) is 29.4 Å². The van der Waals surface area contributed by atoms with Gasteiger partial charge in [0.15, 0.2) is 0 Å². The van der Waals surface area contributed by atoms with Crippen molar-refractivity contribution in [3.05, 3.63) is 40.6 Å². The van der Waals surface area contributed by atoms with Gasteiger partial charge in [-0.3, -0.25) is 9.48 Å². The van der Waals surface area contributed by atoms with Gasteiger partial charge in [0.1, 0.15) is 0 Å². The Morgan fingerprint density at radius 2 is 2.10 bits per heavy atom. The van der Waals surface area contributed by atoms with Gasteiger partial charge in [0.05, 0.1) is 30.2 Å². The molecule has 0 aromatic carbocycles. The van der Waals surface area contributed by atoms with Crippen LogP contribution in [0.15, 0.2) is 29.3 Å². The van der Waals surface area contributed by atoms with Crippen LogP contribution in [-0.2, 0) is 6.54 Å². The van der Waals surface area contributed by atoms with Crippen LogP contribution in [0.4, 0.5) is 5.69 Å². The highest BCUT2D eigenvalue weighted by molar-refractivity contribution is 5.37. The molecule has 0 aliphatic rings. The molecule has 2 aromatic heterocycles. The second-order valence-electron chi connectivity index (χ2n) is 4.75. The van der Waals surface area contributed by atoms with E-state index in [-0.39, 0.29) is 5.56 Å². The van der Waals surface area contributed by atoms with E-state index < -0.39 is 0 Å². The van der Waals surface area contributed by atoms with Gasteiger partial charge in [0.25, 0.3) is 5.56 Å². The van der Waals surface area contributed by atoms with Crippen molar-refractivity contribution in [3.63, 3.8) is 0 Å². The summed E-state index contributed by atoms with van der Waals surface area (Å²) in [5.41, 5.74) is 1.44. The molecule has 108 valence electrons. The van der Waals surface area contributed by atoms with Gasteiger partial charge < -0.3 is 5.32 Å². The minimum absolute atomic E-state index is 0.131. The van der Waals surface area contributed by atoms with Gasteiger partial charge in [0, 0.05) is 19.3 Å². The topological polar surface area (TPSA) is 64.7 Å². The van der Waals surface area contributed by atoms with Crippen LogP contribution in [0.5, 0.6) is 0 Å². The molecular formula is C14H21N5O. The van der Waals surface area contributed by atoms with Crippen LogP contribution in [0.25, 0.3) is 0 Å². The summed E-state index contributed by atoms with van der Waals surface area (Å²) in [6.45, 7) is 4.70. The predicted octanol–water partition coefficient (Wildman–Crippen LogP) is 1.89. The molecule has 0 unspecified atom stereocenters. The quantitative estimate of drug-likeness (QED) is 0.874. The van der Waals surface area contributed by atoms with Crippen molar-refractivity contribution in [3.8, 4) is 0 Å². The van der Waals surface area contributed by atoms with Crippen molar-refractivity contribution >= 4 is 5.69 Å². The molecule has 0 aliphatic carbocycles. The summed E-state index contributed by atoms with van der Waals surface area (Å²) in [4.78, 5) is 11.9. The van der Waals surface area contributed by atoms with E-state index in [1.54, 1.807) is 13.2 Å². The summed E-state index contributed by atoms with van der Waals surface area (Å²) in [7, 11) is 1.76. The monoisotopic (exact) mass is 275 g/mol. The van der Waals surface area contributed by atoms with Gasteiger partial charge in [0.2, 0.25) is 0 Å². The maximum atomic E-state index is 11.9. The molecule has 0 fully saturated rings. The smallest absolute Gasteiger partial charge is 0.269 e. The first-order valence-electron chi connectivity index (χ1n) is 6.96. The summed E-state index contributed by atoms with van der Waals surface area (Å²) in [5.74, 6) is 0. The molecule has 0 aliphatic heterocycles. The SMILES string of the molecule is CCC(CC)n1ccc(Cn2ncc(NC)cc2=O)n1. The Balaban J connectivity index is 2.16. The third kappa shape index (κ3) is 3.07. The van der Waals surface area contributed by atoms with Crippen LogP contribution in [0.3, 0.4) is 0 Å². The van der Waals surface area contributed by atoms with Crippen molar-refractivity contribution in [1.29, 1.82) is 0 Å². The van der Waals surface area contributed by atoms with Crippen LogP contribution in [0.2, 0.25) is 0 Å². The Hall–Kier alpha value is -2.11. The number of nitrogens with zero attached hydrogens (tertiary/aromatic N) is 4. The number of hydrogen-bond acceptors (Lipinski definition) is 4. The van der Waals surface area contributed by atoms with Crippen LogP contribution >= 0.6 is 0 Å². The second-order valence-corrected chi connectivity index (χ2v) is 4.75. The Labute approximate surface area is 118 Å². The standard InChI is InChI=1S/C14H21N5O/c1-4-13(5-2)18-7-6-11(17-18)10-19-14(20)8-12(15-3)9-16-19/h6-9,13,15H,4-5,10H2,1-3H3. The molecule has 0 spiro atoms. The Morgan fingerprint density at radius 3 is 2.70 bits per heavy atom. The first-order valence-corrected chi connectivity index (χ1v) is 6.96. The van der Waals surface area contributed by atoms with Crippen molar-refractivity contribution < 1.29 is 0 Å². The molecule has 6 heteroatoms. The molecule has 0 atom stereocenters. The van der Waals surface area contributed by atoms with E-state index in [1.807, 2.05) is 16.9 Å². The summed E-state index contributed by atoms with van der Waals surface area (Å²) < 4.78 is 3.39. The largest absolute Gasteiger partial charge is 0.387 e. The molecule has 0 saturated heterocycles. The number of anilines is 1. The summed E-state index contributed by atoms with van der Waals surface area (Å²) in [6, 6.07) is 3.89. The Kier molecular flexibility index (Phi) is 4.55. The zero-order valence-electron chi connectivity index (χ0n) is 12.2. The average Bonchev–Trinajstić information content (AvgIpc) is 2.91. The van der Waals surface area contributed by atoms with Gasteiger partial charge >= 0.3 is 0 Å². The first-order chi connectivity index (χ1) is 9.67. The molecule has 6 nitrogen and oxygen atoms in total. The molecule has 2 aromatic rings. The second kappa shape index (κ2) is 6.36. The molecule has 0 bridgehead atoms. The number of hydrogen-bond donors (Lipinski definition) is 1. The molecule has 1 N–H and O–H groups in total. The highest BCUT2D eigenvalue weighted by Gasteiger charge is 2.09. The average molecular weight is 275 g/mol. The van der Waals surface area contributed by atoms with Crippen LogP contribution in [-0.4, -0.2) is 26.6 Å². The lowest BCUT2D eigenvalue weighted by Gasteiger charge is -2.12. The molecule has 0 saturated carbocycles. The maximum Gasteiger partial charge on any atom is 0.269 e. The zero-order chi connectivity index (χ0) is 14.5. The number of aromatic nitrogens is 4. The summed E-state index contributed by atoms with van der Waals surface area (Å²) in [5, 5.41) is 11.6. The first kappa shape index (κ1) is 14.3. The number of nitrogens with one attached hydrogen (secondary N) is 1. The van der Waals surface area contributed by atoms with Gasteiger partial charge in [-0.25, -0.2) is 4.68 Å². The van der Waals surface area contributed by atoms with Gasteiger partial charge in [-0.05, 0) is 18.9 Å². The lowest BCUT2D eigenvalue weighted by molar-refractivity contribution is 0.423. The minimum Gasteiger partial charge on any atom is -0.387 e. The Bertz CT molecular complexity index is 612. The molecular weight excluding hydrogens is 254 g/mol. The maximum absolute atomic E-state index is 11.9. The van der Waals surface area contributed by atoms with Crippen LogP contribution in [0, 0.1) is 0 Å². The van der Waals surface area contributed by atoms with Gasteiger partial charge in [-0.2, -0.15) is 10.2 Å². The van der Waals surface area contributed by atoms with Crippen molar-refractivity contribution in [2.45, 2.75) is 39.3 Å². The molecule has 20 heavy (non-hydrogen) atoms. The fourth-order valence-corrected chi connectivity index (χ4v) is 2.17. The molecule has 0 radical (unpaired) electrons. The molecule has 2 heterocycles. The third-order valence-electron chi connectivity index (χ3n) is 3.45. The summed E-state index contributed by atoms with van der Waals surface area (Å²) >= 11 is 0. The molecule has 0 amide bonds. The Morgan fingerprint density at radius 1 is 1.35 bits per heavy atom. The minimum atomic E-state index is -0.131.